The molecule has 2 aromatic rings. The molecule has 0 bridgehead atoms. The third-order valence-electron chi connectivity index (χ3n) is 3.32. The Morgan fingerprint density at radius 2 is 2.29 bits per heavy atom. The molecule has 0 aromatic carbocycles. The Bertz CT molecular complexity index is 536. The van der Waals surface area contributed by atoms with E-state index in [1.54, 1.807) is 0 Å². The minimum absolute atomic E-state index is 0.473. The molecule has 0 radical (unpaired) electrons. The van der Waals surface area contributed by atoms with Crippen molar-refractivity contribution in [2.24, 2.45) is 0 Å². The first kappa shape index (κ1) is 11.2. The zero-order chi connectivity index (χ0) is 11.8. The second-order valence-electron chi connectivity index (χ2n) is 4.69. The largest absolute Gasteiger partial charge is 0.306 e. The van der Waals surface area contributed by atoms with Gasteiger partial charge in [0.25, 0.3) is 0 Å². The zero-order valence-corrected chi connectivity index (χ0v) is 11.4. The third kappa shape index (κ3) is 2.09. The highest BCUT2D eigenvalue weighted by molar-refractivity contribution is 9.10. The van der Waals surface area contributed by atoms with Crippen molar-refractivity contribution in [2.45, 2.75) is 18.8 Å². The average Bonchev–Trinajstić information content (AvgIpc) is 2.74. The number of halogens is 1. The summed E-state index contributed by atoms with van der Waals surface area (Å²) < 4.78 is 2.82. The maximum atomic E-state index is 4.63. The molecule has 1 fully saturated rings. The number of hydrogen-bond donors (Lipinski definition) is 0. The van der Waals surface area contributed by atoms with Crippen LogP contribution in [0.3, 0.4) is 0 Å². The molecule has 4 nitrogen and oxygen atoms in total. The van der Waals surface area contributed by atoms with Crippen molar-refractivity contribution in [3.63, 3.8) is 0 Å². The number of likely N-dealkylation sites (tertiary alicyclic amines) is 1. The Morgan fingerprint density at radius 3 is 3.06 bits per heavy atom. The van der Waals surface area contributed by atoms with Crippen LogP contribution in [0.25, 0.3) is 5.65 Å². The molecule has 5 heteroatoms. The average molecular weight is 295 g/mol. The Morgan fingerprint density at radius 1 is 1.41 bits per heavy atom. The molecule has 17 heavy (non-hydrogen) atoms. The molecule has 1 aliphatic rings. The van der Waals surface area contributed by atoms with Crippen LogP contribution in [0.4, 0.5) is 0 Å². The molecule has 0 saturated carbocycles. The number of fused-ring (bicyclic) bond motifs is 1. The lowest BCUT2D eigenvalue weighted by molar-refractivity contribution is 0.246. The smallest absolute Gasteiger partial charge is 0.156 e. The molecular weight excluding hydrogens is 280 g/mol. The summed E-state index contributed by atoms with van der Waals surface area (Å²) in [6, 6.07) is 5.97. The fourth-order valence-electron chi connectivity index (χ4n) is 2.44. The molecule has 0 amide bonds. The molecule has 0 aliphatic carbocycles. The number of hydrogen-bond acceptors (Lipinski definition) is 3. The SMILES string of the molecule is CN1CCCC(c2nc3cccc(Br)n3n2)C1. The monoisotopic (exact) mass is 294 g/mol. The van der Waals surface area contributed by atoms with Crippen molar-refractivity contribution in [2.75, 3.05) is 20.1 Å². The Labute approximate surface area is 109 Å². The lowest BCUT2D eigenvalue weighted by Gasteiger charge is -2.27. The predicted octanol–water partition coefficient (Wildman–Crippen LogP) is 2.30. The summed E-state index contributed by atoms with van der Waals surface area (Å²) in [6.45, 7) is 2.25. The van der Waals surface area contributed by atoms with Crippen molar-refractivity contribution in [3.8, 4) is 0 Å². The molecule has 1 saturated heterocycles. The van der Waals surface area contributed by atoms with Gasteiger partial charge in [-0.25, -0.2) is 9.50 Å². The van der Waals surface area contributed by atoms with Crippen LogP contribution in [0, 0.1) is 0 Å². The minimum Gasteiger partial charge on any atom is -0.306 e. The van der Waals surface area contributed by atoms with Crippen molar-refractivity contribution < 1.29 is 0 Å². The summed E-state index contributed by atoms with van der Waals surface area (Å²) in [6.07, 6.45) is 2.43. The quantitative estimate of drug-likeness (QED) is 0.757. The molecule has 0 N–H and O–H groups in total. The van der Waals surface area contributed by atoms with Crippen LogP contribution in [0.5, 0.6) is 0 Å². The van der Waals surface area contributed by atoms with E-state index in [0.717, 1.165) is 22.6 Å². The number of aromatic nitrogens is 3. The fraction of sp³-hybridized carbons (Fsp3) is 0.500. The van der Waals surface area contributed by atoms with Crippen molar-refractivity contribution in [1.82, 2.24) is 19.5 Å². The van der Waals surface area contributed by atoms with E-state index in [2.05, 4.69) is 38.0 Å². The summed E-state index contributed by atoms with van der Waals surface area (Å²) in [4.78, 5) is 6.98. The third-order valence-corrected chi connectivity index (χ3v) is 3.92. The van der Waals surface area contributed by atoms with Crippen molar-refractivity contribution in [3.05, 3.63) is 28.6 Å². The van der Waals surface area contributed by atoms with E-state index in [1.165, 1.54) is 19.4 Å². The van der Waals surface area contributed by atoms with Gasteiger partial charge in [0, 0.05) is 12.5 Å². The van der Waals surface area contributed by atoms with Crippen LogP contribution in [-0.2, 0) is 0 Å². The van der Waals surface area contributed by atoms with E-state index < -0.39 is 0 Å². The number of likely N-dealkylation sites (N-methyl/N-ethyl adjacent to an activating group) is 1. The van der Waals surface area contributed by atoms with Gasteiger partial charge in [-0.15, -0.1) is 5.10 Å². The van der Waals surface area contributed by atoms with Gasteiger partial charge in [-0.3, -0.25) is 0 Å². The Kier molecular flexibility index (Phi) is 2.88. The standard InChI is InChI=1S/C12H15BrN4/c1-16-7-3-4-9(8-16)12-14-11-6-2-5-10(13)17(11)15-12/h2,5-6,9H,3-4,7-8H2,1H3. The van der Waals surface area contributed by atoms with Crippen LogP contribution in [0.2, 0.25) is 0 Å². The van der Waals surface area contributed by atoms with Crippen LogP contribution in [-0.4, -0.2) is 39.6 Å². The molecule has 3 heterocycles. The van der Waals surface area contributed by atoms with E-state index in [-0.39, 0.29) is 0 Å². The van der Waals surface area contributed by atoms with Crippen LogP contribution in [0.1, 0.15) is 24.6 Å². The van der Waals surface area contributed by atoms with Gasteiger partial charge >= 0.3 is 0 Å². The first-order chi connectivity index (χ1) is 8.24. The van der Waals surface area contributed by atoms with E-state index in [1.807, 2.05) is 22.7 Å². The summed E-state index contributed by atoms with van der Waals surface area (Å²) >= 11 is 3.50. The van der Waals surface area contributed by atoms with E-state index in [9.17, 15) is 0 Å². The van der Waals surface area contributed by atoms with Gasteiger partial charge in [-0.2, -0.15) is 0 Å². The topological polar surface area (TPSA) is 33.4 Å². The van der Waals surface area contributed by atoms with E-state index in [4.69, 9.17) is 0 Å². The molecular formula is C12H15BrN4. The highest BCUT2D eigenvalue weighted by atomic mass is 79.9. The van der Waals surface area contributed by atoms with Gasteiger partial charge in [0.05, 0.1) is 0 Å². The van der Waals surface area contributed by atoms with E-state index in [0.29, 0.717) is 5.92 Å². The first-order valence-corrected chi connectivity index (χ1v) is 6.73. The van der Waals surface area contributed by atoms with Gasteiger partial charge in [0.1, 0.15) is 4.60 Å². The van der Waals surface area contributed by atoms with Gasteiger partial charge in [0.15, 0.2) is 11.5 Å². The highest BCUT2D eigenvalue weighted by Gasteiger charge is 2.22. The Balaban J connectivity index is 1.97. The number of piperidine rings is 1. The van der Waals surface area contributed by atoms with Gasteiger partial charge in [-0.1, -0.05) is 6.07 Å². The molecule has 2 aromatic heterocycles. The lowest BCUT2D eigenvalue weighted by atomic mass is 9.98. The lowest BCUT2D eigenvalue weighted by Crippen LogP contribution is -2.31. The molecule has 3 rings (SSSR count). The second-order valence-corrected chi connectivity index (χ2v) is 5.50. The minimum atomic E-state index is 0.473. The maximum Gasteiger partial charge on any atom is 0.156 e. The summed E-state index contributed by atoms with van der Waals surface area (Å²) in [5.74, 6) is 1.45. The van der Waals surface area contributed by atoms with Crippen LogP contribution >= 0.6 is 15.9 Å². The normalized spacial score (nSPS) is 22.1. The summed E-state index contributed by atoms with van der Waals surface area (Å²) in [5.41, 5.74) is 0.919. The molecule has 90 valence electrons. The molecule has 1 unspecified atom stereocenters. The molecule has 1 aliphatic heterocycles. The van der Waals surface area contributed by atoms with Crippen molar-refractivity contribution in [1.29, 1.82) is 0 Å². The number of pyridine rings is 1. The van der Waals surface area contributed by atoms with Crippen LogP contribution in [0.15, 0.2) is 22.8 Å². The maximum absolute atomic E-state index is 4.63. The fourth-order valence-corrected chi connectivity index (χ4v) is 2.85. The summed E-state index contributed by atoms with van der Waals surface area (Å²) in [7, 11) is 2.16. The van der Waals surface area contributed by atoms with Crippen LogP contribution < -0.4 is 0 Å². The molecule has 0 spiro atoms. The summed E-state index contributed by atoms with van der Waals surface area (Å²) in [5, 5.41) is 4.60. The highest BCUT2D eigenvalue weighted by Crippen LogP contribution is 2.24. The Hall–Kier alpha value is -0.940. The second kappa shape index (κ2) is 4.38. The van der Waals surface area contributed by atoms with Gasteiger partial charge < -0.3 is 4.90 Å². The van der Waals surface area contributed by atoms with Crippen molar-refractivity contribution >= 4 is 21.6 Å². The van der Waals surface area contributed by atoms with Gasteiger partial charge in [0.2, 0.25) is 0 Å². The first-order valence-electron chi connectivity index (χ1n) is 5.94. The molecule has 1 atom stereocenters. The van der Waals surface area contributed by atoms with Gasteiger partial charge in [-0.05, 0) is 54.5 Å². The van der Waals surface area contributed by atoms with E-state index >= 15 is 0 Å². The predicted molar refractivity (Wildman–Crippen MR) is 70.2 cm³/mol. The number of rotatable bonds is 1. The number of nitrogens with zero attached hydrogens (tertiary/aromatic N) is 4. The zero-order valence-electron chi connectivity index (χ0n) is 9.80.